The van der Waals surface area contributed by atoms with E-state index in [2.05, 4.69) is 20.4 Å². The van der Waals surface area contributed by atoms with E-state index in [4.69, 9.17) is 18.0 Å². The second-order valence-electron chi connectivity index (χ2n) is 3.41. The summed E-state index contributed by atoms with van der Waals surface area (Å²) in [5.41, 5.74) is 8.74. The first kappa shape index (κ1) is 10.7. The molecule has 2 heterocycles. The number of nitrogen functional groups attached to an aromatic ring is 1. The van der Waals surface area contributed by atoms with Gasteiger partial charge in [0, 0.05) is 13.1 Å². The maximum Gasteiger partial charge on any atom is 0.224 e. The van der Waals surface area contributed by atoms with Crippen LogP contribution in [0, 0.1) is 3.95 Å². The van der Waals surface area contributed by atoms with E-state index in [9.17, 15) is 0 Å². The topological polar surface area (TPSA) is 67.1 Å². The van der Waals surface area contributed by atoms with Gasteiger partial charge in [0.05, 0.1) is 0 Å². The van der Waals surface area contributed by atoms with Gasteiger partial charge in [-0.2, -0.15) is 9.97 Å². The van der Waals surface area contributed by atoms with Gasteiger partial charge in [-0.15, -0.1) is 0 Å². The third-order valence-corrected chi connectivity index (χ3v) is 3.20. The first-order valence-corrected chi connectivity index (χ1v) is 6.13. The number of nitrogens with one attached hydrogen (secondary N) is 1. The van der Waals surface area contributed by atoms with Crippen LogP contribution in [0.2, 0.25) is 0 Å². The molecular weight excluding hydrogens is 230 g/mol. The third-order valence-electron chi connectivity index (χ3n) is 2.22. The van der Waals surface area contributed by atoms with Crippen molar-refractivity contribution < 1.29 is 0 Å². The van der Waals surface area contributed by atoms with Gasteiger partial charge in [0.1, 0.15) is 0 Å². The van der Waals surface area contributed by atoms with Gasteiger partial charge in [-0.3, -0.25) is 5.43 Å². The molecule has 0 saturated carbocycles. The number of hydrogen-bond donors (Lipinski definition) is 2. The maximum atomic E-state index is 5.52. The van der Waals surface area contributed by atoms with Gasteiger partial charge in [-0.25, -0.2) is 5.01 Å². The minimum Gasteiger partial charge on any atom is -0.368 e. The van der Waals surface area contributed by atoms with Gasteiger partial charge in [-0.1, -0.05) is 17.8 Å². The van der Waals surface area contributed by atoms with Crippen LogP contribution in [-0.4, -0.2) is 28.1 Å². The first-order chi connectivity index (χ1) is 7.24. The Balaban J connectivity index is 2.06. The van der Waals surface area contributed by atoms with Crippen LogP contribution in [0.25, 0.3) is 0 Å². The Morgan fingerprint density at radius 3 is 2.67 bits per heavy atom. The van der Waals surface area contributed by atoms with E-state index < -0.39 is 0 Å². The summed E-state index contributed by atoms with van der Waals surface area (Å²) >= 11 is 6.33. The first-order valence-electron chi connectivity index (χ1n) is 4.90. The van der Waals surface area contributed by atoms with E-state index in [0.29, 0.717) is 3.95 Å². The predicted octanol–water partition coefficient (Wildman–Crippen LogP) is 1.66. The molecule has 7 heteroatoms. The van der Waals surface area contributed by atoms with Crippen molar-refractivity contribution in [1.29, 1.82) is 0 Å². The van der Waals surface area contributed by atoms with E-state index in [0.717, 1.165) is 18.2 Å². The summed E-state index contributed by atoms with van der Waals surface area (Å²) in [6.07, 6.45) is 3.75. The van der Waals surface area contributed by atoms with Crippen LogP contribution < -0.4 is 11.2 Å². The molecule has 0 spiro atoms. The number of rotatable bonds is 2. The number of anilines is 2. The largest absolute Gasteiger partial charge is 0.368 e. The Bertz CT molecular complexity index is 385. The molecule has 1 fully saturated rings. The number of nitrogens with two attached hydrogens (primary N) is 1. The fraction of sp³-hybridized carbons (Fsp3) is 0.625. The minimum atomic E-state index is 0.234. The second kappa shape index (κ2) is 4.82. The smallest absolute Gasteiger partial charge is 0.224 e. The molecule has 0 aromatic carbocycles. The molecule has 0 bridgehead atoms. The summed E-state index contributed by atoms with van der Waals surface area (Å²) < 4.78 is 0.516. The fourth-order valence-corrected chi connectivity index (χ4v) is 2.49. The maximum absolute atomic E-state index is 5.52. The lowest BCUT2D eigenvalue weighted by Gasteiger charge is -2.26. The average Bonchev–Trinajstić information content (AvgIpc) is 2.17. The SMILES string of the molecule is Nc1nc(NN2CCCCC2)sc(=S)n1. The average molecular weight is 243 g/mol. The van der Waals surface area contributed by atoms with Gasteiger partial charge >= 0.3 is 0 Å². The monoisotopic (exact) mass is 243 g/mol. The zero-order chi connectivity index (χ0) is 10.7. The molecule has 2 rings (SSSR count). The number of aromatic nitrogens is 2. The molecule has 5 nitrogen and oxygen atoms in total. The van der Waals surface area contributed by atoms with Crippen LogP contribution in [0.15, 0.2) is 0 Å². The lowest BCUT2D eigenvalue weighted by Crippen LogP contribution is -2.35. The van der Waals surface area contributed by atoms with Crippen molar-refractivity contribution in [3.05, 3.63) is 3.95 Å². The highest BCUT2D eigenvalue weighted by molar-refractivity contribution is 7.73. The van der Waals surface area contributed by atoms with Crippen LogP contribution in [0.5, 0.6) is 0 Å². The van der Waals surface area contributed by atoms with Crippen molar-refractivity contribution in [2.75, 3.05) is 24.2 Å². The van der Waals surface area contributed by atoms with E-state index in [1.807, 2.05) is 0 Å². The standard InChI is InChI=1S/C8H13N5S2/c9-6-10-7(15-8(14)11-6)12-13-4-2-1-3-5-13/h1-5H2,(H3,9,10,11,12,14). The molecule has 1 aromatic heterocycles. The van der Waals surface area contributed by atoms with Crippen molar-refractivity contribution >= 4 is 34.6 Å². The molecule has 1 aliphatic rings. The van der Waals surface area contributed by atoms with Crippen LogP contribution >= 0.6 is 23.6 Å². The van der Waals surface area contributed by atoms with Gasteiger partial charge in [0.15, 0.2) is 3.95 Å². The summed E-state index contributed by atoms with van der Waals surface area (Å²) in [6, 6.07) is 0. The van der Waals surface area contributed by atoms with E-state index >= 15 is 0 Å². The van der Waals surface area contributed by atoms with Crippen molar-refractivity contribution in [2.45, 2.75) is 19.3 Å². The summed E-state index contributed by atoms with van der Waals surface area (Å²) in [7, 11) is 0. The van der Waals surface area contributed by atoms with Crippen LogP contribution in [0.4, 0.5) is 11.1 Å². The van der Waals surface area contributed by atoms with E-state index in [-0.39, 0.29) is 5.95 Å². The number of hydrogen-bond acceptors (Lipinski definition) is 7. The Kier molecular flexibility index (Phi) is 3.45. The van der Waals surface area contributed by atoms with Crippen molar-refractivity contribution in [2.24, 2.45) is 0 Å². The Hall–Kier alpha value is -0.790. The van der Waals surface area contributed by atoms with Gasteiger partial charge < -0.3 is 5.73 Å². The molecule has 0 aliphatic carbocycles. The summed E-state index contributed by atoms with van der Waals surface area (Å²) in [6.45, 7) is 2.09. The summed E-state index contributed by atoms with van der Waals surface area (Å²) in [5, 5.41) is 2.88. The highest BCUT2D eigenvalue weighted by Crippen LogP contribution is 2.16. The molecule has 3 N–H and O–H groups in total. The lowest BCUT2D eigenvalue weighted by molar-refractivity contribution is 0.273. The zero-order valence-corrected chi connectivity index (χ0v) is 9.90. The Morgan fingerprint density at radius 2 is 2.00 bits per heavy atom. The molecule has 0 radical (unpaired) electrons. The molecular formula is C8H13N5S2. The van der Waals surface area contributed by atoms with Crippen LogP contribution in [-0.2, 0) is 0 Å². The molecule has 0 amide bonds. The minimum absolute atomic E-state index is 0.234. The van der Waals surface area contributed by atoms with Gasteiger partial charge in [0.2, 0.25) is 11.1 Å². The van der Waals surface area contributed by atoms with Crippen LogP contribution in [0.1, 0.15) is 19.3 Å². The Labute approximate surface area is 97.3 Å². The van der Waals surface area contributed by atoms with Crippen molar-refractivity contribution in [1.82, 2.24) is 15.0 Å². The number of piperidine rings is 1. The van der Waals surface area contributed by atoms with Crippen molar-refractivity contribution in [3.8, 4) is 0 Å². The summed E-state index contributed by atoms with van der Waals surface area (Å²) in [4.78, 5) is 7.96. The highest BCUT2D eigenvalue weighted by Gasteiger charge is 2.10. The molecule has 15 heavy (non-hydrogen) atoms. The molecule has 1 aliphatic heterocycles. The van der Waals surface area contributed by atoms with E-state index in [1.165, 1.54) is 30.6 Å². The third kappa shape index (κ3) is 3.08. The molecule has 82 valence electrons. The molecule has 1 saturated heterocycles. The lowest BCUT2D eigenvalue weighted by atomic mass is 10.2. The molecule has 0 atom stereocenters. The zero-order valence-electron chi connectivity index (χ0n) is 8.27. The van der Waals surface area contributed by atoms with Gasteiger partial charge in [0.25, 0.3) is 0 Å². The second-order valence-corrected chi connectivity index (χ2v) is 5.04. The van der Waals surface area contributed by atoms with E-state index in [1.54, 1.807) is 0 Å². The van der Waals surface area contributed by atoms with Crippen molar-refractivity contribution in [3.63, 3.8) is 0 Å². The van der Waals surface area contributed by atoms with Gasteiger partial charge in [-0.05, 0) is 25.1 Å². The quantitative estimate of drug-likeness (QED) is 0.770. The predicted molar refractivity (Wildman–Crippen MR) is 64.2 cm³/mol. The molecule has 1 aromatic rings. The highest BCUT2D eigenvalue weighted by atomic mass is 32.1. The Morgan fingerprint density at radius 1 is 1.27 bits per heavy atom. The van der Waals surface area contributed by atoms with Crippen LogP contribution in [0.3, 0.4) is 0 Å². The number of nitrogens with zero attached hydrogens (tertiary/aromatic N) is 3. The summed E-state index contributed by atoms with van der Waals surface area (Å²) in [5.74, 6) is 0.234. The number of hydrazine groups is 1. The normalized spacial score (nSPS) is 17.6. The fourth-order valence-electron chi connectivity index (χ4n) is 1.54. The molecule has 0 unspecified atom stereocenters.